The van der Waals surface area contributed by atoms with E-state index in [4.69, 9.17) is 17.0 Å². The van der Waals surface area contributed by atoms with Crippen molar-refractivity contribution in [3.8, 4) is 0 Å². The molecule has 2 aliphatic rings. The van der Waals surface area contributed by atoms with Crippen molar-refractivity contribution in [2.75, 3.05) is 57.8 Å². The zero-order chi connectivity index (χ0) is 26.0. The van der Waals surface area contributed by atoms with Crippen molar-refractivity contribution in [1.29, 1.82) is 0 Å². The van der Waals surface area contributed by atoms with Crippen molar-refractivity contribution in [2.45, 2.75) is 83.1 Å². The molecule has 208 valence electrons. The fraction of sp³-hybridized carbons (Fsp3) is 0.750. The number of morpholine rings is 1. The molecule has 8 nitrogen and oxygen atoms in total. The number of carbonyl (C=O) groups is 1. The number of ether oxygens (including phenoxy) is 1. The second-order valence-corrected chi connectivity index (χ2v) is 10.7. The minimum Gasteiger partial charge on any atom is -0.379 e. The highest BCUT2D eigenvalue weighted by Gasteiger charge is 2.20. The Morgan fingerprint density at radius 3 is 2.41 bits per heavy atom. The van der Waals surface area contributed by atoms with Gasteiger partial charge in [0.25, 0.3) is 0 Å². The smallest absolute Gasteiger partial charge is 0.317 e. The van der Waals surface area contributed by atoms with Crippen molar-refractivity contribution >= 4 is 29.0 Å². The van der Waals surface area contributed by atoms with E-state index < -0.39 is 0 Å². The first kappa shape index (κ1) is 29.6. The Kier molecular flexibility index (Phi) is 14.6. The average molecular weight is 533 g/mol. The molecule has 1 saturated carbocycles. The van der Waals surface area contributed by atoms with Gasteiger partial charge in [-0.25, -0.2) is 4.79 Å². The number of nitrogens with zero attached hydrogens (tertiary/aromatic N) is 3. The normalized spacial score (nSPS) is 16.8. The van der Waals surface area contributed by atoms with Crippen LogP contribution in [0.1, 0.15) is 77.0 Å². The highest BCUT2D eigenvalue weighted by atomic mass is 32.1. The highest BCUT2D eigenvalue weighted by molar-refractivity contribution is 7.80. The predicted octanol–water partition coefficient (Wildman–Crippen LogP) is 4.78. The molecule has 1 aliphatic carbocycles. The number of hydrogen-bond acceptors (Lipinski definition) is 5. The Balaban J connectivity index is 1.25. The van der Waals surface area contributed by atoms with E-state index in [0.29, 0.717) is 11.2 Å². The van der Waals surface area contributed by atoms with Crippen molar-refractivity contribution in [3.05, 3.63) is 24.5 Å². The van der Waals surface area contributed by atoms with Gasteiger partial charge in [0.15, 0.2) is 5.11 Å². The second kappa shape index (κ2) is 18.3. The van der Waals surface area contributed by atoms with E-state index in [1.807, 2.05) is 12.1 Å². The molecule has 9 heteroatoms. The van der Waals surface area contributed by atoms with Gasteiger partial charge in [0.05, 0.1) is 13.2 Å². The lowest BCUT2D eigenvalue weighted by Gasteiger charge is -2.30. The van der Waals surface area contributed by atoms with Crippen LogP contribution in [0, 0.1) is 0 Å². The largest absolute Gasteiger partial charge is 0.379 e. The predicted molar refractivity (Wildman–Crippen MR) is 155 cm³/mol. The van der Waals surface area contributed by atoms with Gasteiger partial charge >= 0.3 is 6.03 Å². The summed E-state index contributed by atoms with van der Waals surface area (Å²) >= 11 is 5.35. The lowest BCUT2D eigenvalue weighted by Crippen LogP contribution is -2.47. The Morgan fingerprint density at radius 2 is 1.65 bits per heavy atom. The van der Waals surface area contributed by atoms with Gasteiger partial charge in [-0.1, -0.05) is 44.9 Å². The van der Waals surface area contributed by atoms with Gasteiger partial charge in [-0.05, 0) is 56.5 Å². The molecule has 0 spiro atoms. The van der Waals surface area contributed by atoms with E-state index >= 15 is 0 Å². The van der Waals surface area contributed by atoms with E-state index in [2.05, 4.69) is 30.7 Å². The van der Waals surface area contributed by atoms with Crippen LogP contribution in [0.5, 0.6) is 0 Å². The quantitative estimate of drug-likeness (QED) is 0.222. The van der Waals surface area contributed by atoms with Gasteiger partial charge in [-0.3, -0.25) is 9.88 Å². The van der Waals surface area contributed by atoms with Crippen LogP contribution in [-0.2, 0) is 4.74 Å². The third-order valence-corrected chi connectivity index (χ3v) is 7.55. The van der Waals surface area contributed by atoms with Crippen LogP contribution in [0.25, 0.3) is 0 Å². The van der Waals surface area contributed by atoms with Crippen molar-refractivity contribution < 1.29 is 9.53 Å². The van der Waals surface area contributed by atoms with Crippen LogP contribution in [-0.4, -0.2) is 84.5 Å². The molecule has 3 rings (SSSR count). The molecule has 1 aromatic rings. The van der Waals surface area contributed by atoms with Crippen LogP contribution in [0.3, 0.4) is 0 Å². The van der Waals surface area contributed by atoms with Gasteiger partial charge in [-0.2, -0.15) is 0 Å². The summed E-state index contributed by atoms with van der Waals surface area (Å²) in [5.41, 5.74) is 0.954. The molecule has 2 heterocycles. The summed E-state index contributed by atoms with van der Waals surface area (Å²) in [4.78, 5) is 21.6. The number of amides is 2. The van der Waals surface area contributed by atoms with Crippen LogP contribution in [0.2, 0.25) is 0 Å². The van der Waals surface area contributed by atoms with E-state index in [0.717, 1.165) is 90.3 Å². The van der Waals surface area contributed by atoms with Crippen LogP contribution >= 0.6 is 12.2 Å². The van der Waals surface area contributed by atoms with Crippen LogP contribution in [0.4, 0.5) is 10.5 Å². The maximum atomic E-state index is 13.1. The number of nitrogens with one attached hydrogen (secondary N) is 3. The van der Waals surface area contributed by atoms with Gasteiger partial charge < -0.3 is 25.6 Å². The van der Waals surface area contributed by atoms with Gasteiger partial charge in [0.1, 0.15) is 0 Å². The fourth-order valence-electron chi connectivity index (χ4n) is 5.08. The number of carbonyl (C=O) groups excluding carboxylic acids is 1. The van der Waals surface area contributed by atoms with Crippen LogP contribution in [0.15, 0.2) is 24.5 Å². The van der Waals surface area contributed by atoms with Crippen LogP contribution < -0.4 is 16.0 Å². The van der Waals surface area contributed by atoms with E-state index in [1.165, 1.54) is 44.9 Å². The van der Waals surface area contributed by atoms with Gasteiger partial charge in [0, 0.05) is 63.4 Å². The van der Waals surface area contributed by atoms with Crippen molar-refractivity contribution in [2.24, 2.45) is 0 Å². The zero-order valence-electron chi connectivity index (χ0n) is 22.6. The molecule has 1 aliphatic heterocycles. The number of aromatic nitrogens is 1. The number of rotatable bonds is 15. The fourth-order valence-corrected chi connectivity index (χ4v) is 5.30. The molecule has 2 amide bonds. The van der Waals surface area contributed by atoms with Crippen molar-refractivity contribution in [3.63, 3.8) is 0 Å². The molecule has 0 aromatic carbocycles. The molecule has 0 atom stereocenters. The summed E-state index contributed by atoms with van der Waals surface area (Å²) < 4.78 is 5.46. The summed E-state index contributed by atoms with van der Waals surface area (Å²) in [5, 5.41) is 10.4. The van der Waals surface area contributed by atoms with Gasteiger partial charge in [-0.15, -0.1) is 0 Å². The molecule has 2 fully saturated rings. The number of hydrogen-bond donors (Lipinski definition) is 3. The number of anilines is 1. The lowest BCUT2D eigenvalue weighted by molar-refractivity contribution is 0.0364. The Labute approximate surface area is 229 Å². The molecular weight excluding hydrogens is 484 g/mol. The van der Waals surface area contributed by atoms with E-state index in [1.54, 1.807) is 12.4 Å². The minimum absolute atomic E-state index is 0.149. The van der Waals surface area contributed by atoms with Crippen molar-refractivity contribution in [1.82, 2.24) is 25.4 Å². The maximum absolute atomic E-state index is 13.1. The number of urea groups is 1. The first-order valence-electron chi connectivity index (χ1n) is 14.5. The summed E-state index contributed by atoms with van der Waals surface area (Å²) in [6.07, 6.45) is 17.6. The first-order chi connectivity index (χ1) is 18.2. The Hall–Kier alpha value is -1.97. The lowest BCUT2D eigenvalue weighted by atomic mass is 9.96. The average Bonchev–Trinajstić information content (AvgIpc) is 2.92. The number of pyridine rings is 1. The molecule has 1 saturated heterocycles. The molecule has 3 N–H and O–H groups in total. The zero-order valence-corrected chi connectivity index (χ0v) is 23.4. The molecule has 0 bridgehead atoms. The monoisotopic (exact) mass is 532 g/mol. The minimum atomic E-state index is 0.149. The third-order valence-electron chi connectivity index (χ3n) is 7.30. The third kappa shape index (κ3) is 12.9. The second-order valence-electron chi connectivity index (χ2n) is 10.3. The molecule has 37 heavy (non-hydrogen) atoms. The summed E-state index contributed by atoms with van der Waals surface area (Å²) in [6, 6.07) is 4.32. The van der Waals surface area contributed by atoms with E-state index in [9.17, 15) is 4.79 Å². The summed E-state index contributed by atoms with van der Waals surface area (Å²) in [5.74, 6) is 0. The maximum Gasteiger partial charge on any atom is 0.317 e. The SMILES string of the molecule is O=C(NC1CCCCC1)N(CCCCCCCCNC(=S)Nc1ccncc1)CCCN1CCOCC1. The summed E-state index contributed by atoms with van der Waals surface area (Å²) in [6.45, 7) is 7.32. The summed E-state index contributed by atoms with van der Waals surface area (Å²) in [7, 11) is 0. The molecule has 0 radical (unpaired) electrons. The topological polar surface area (TPSA) is 81.8 Å². The Bertz CT molecular complexity index is 756. The Morgan fingerprint density at radius 1 is 0.973 bits per heavy atom. The molecule has 0 unspecified atom stereocenters. The number of thiocarbonyl (C=S) groups is 1. The first-order valence-corrected chi connectivity index (χ1v) is 14.9. The van der Waals surface area contributed by atoms with Gasteiger partial charge in [0.2, 0.25) is 0 Å². The standard InChI is InChI=1S/C28H48N6O2S/c35-28(32-25-11-6-5-7-12-25)34(20-10-18-33-21-23-36-24-22-33)19-9-4-2-1-3-8-15-30-27(37)31-26-13-16-29-17-14-26/h13-14,16-17,25H,1-12,15,18-24H2,(H,32,35)(H2,29,30,31,37). The highest BCUT2D eigenvalue weighted by Crippen LogP contribution is 2.18. The number of unbranched alkanes of at least 4 members (excludes halogenated alkanes) is 5. The van der Waals surface area contributed by atoms with E-state index in [-0.39, 0.29) is 6.03 Å². The molecular formula is C28H48N6O2S. The molecule has 1 aromatic heterocycles.